The molecule has 2 aliphatic heterocycles. The molecule has 2 N–H and O–H groups in total. The van der Waals surface area contributed by atoms with E-state index in [1.807, 2.05) is 0 Å². The standard InChI is InChI=1S/C25H27F5N4O3/c26-19-5-1-3-17(21(19)27)16-6-7-20(23(36)34(13-16)14-25(28,29)30)32-24(37)33-11-8-15(9-12-33)18-4-2-10-31-22(18)35/h1-5,10,15-16,20H,6-9,11-14H2,(H,31,35)(H,32,37)/t16-,20-/m1/s1. The third-order valence-electron chi connectivity index (χ3n) is 7.01. The van der Waals surface area contributed by atoms with Crippen molar-refractivity contribution in [3.63, 3.8) is 0 Å². The second-order valence-electron chi connectivity index (χ2n) is 9.47. The van der Waals surface area contributed by atoms with Crippen LogP contribution in [-0.4, -0.2) is 65.1 Å². The van der Waals surface area contributed by atoms with Gasteiger partial charge < -0.3 is 20.1 Å². The molecule has 0 aliphatic carbocycles. The molecule has 37 heavy (non-hydrogen) atoms. The van der Waals surface area contributed by atoms with Crippen LogP contribution in [0.2, 0.25) is 0 Å². The van der Waals surface area contributed by atoms with E-state index < -0.39 is 54.8 Å². The highest BCUT2D eigenvalue weighted by Crippen LogP contribution is 2.32. The number of piperidine rings is 1. The van der Waals surface area contributed by atoms with Gasteiger partial charge in [0.15, 0.2) is 11.6 Å². The topological polar surface area (TPSA) is 85.5 Å². The van der Waals surface area contributed by atoms with Gasteiger partial charge in [-0.2, -0.15) is 13.2 Å². The summed E-state index contributed by atoms with van der Waals surface area (Å²) in [4.78, 5) is 42.6. The first-order valence-corrected chi connectivity index (χ1v) is 12.1. The van der Waals surface area contributed by atoms with Gasteiger partial charge in [-0.25, -0.2) is 13.6 Å². The number of carbonyl (C=O) groups excluding carboxylic acids is 2. The number of rotatable bonds is 4. The number of halogens is 5. The van der Waals surface area contributed by atoms with Crippen molar-refractivity contribution in [2.75, 3.05) is 26.2 Å². The molecular weight excluding hydrogens is 499 g/mol. The summed E-state index contributed by atoms with van der Waals surface area (Å²) in [5.74, 6) is -4.12. The van der Waals surface area contributed by atoms with Crippen LogP contribution in [0.5, 0.6) is 0 Å². The van der Waals surface area contributed by atoms with E-state index in [0.717, 1.165) is 6.07 Å². The van der Waals surface area contributed by atoms with Gasteiger partial charge in [-0.15, -0.1) is 0 Å². The maximum atomic E-state index is 14.4. The molecule has 3 heterocycles. The molecule has 7 nitrogen and oxygen atoms in total. The molecule has 0 radical (unpaired) electrons. The van der Waals surface area contributed by atoms with Gasteiger partial charge in [0, 0.05) is 37.3 Å². The number of likely N-dealkylation sites (tertiary alicyclic amines) is 2. The van der Waals surface area contributed by atoms with Gasteiger partial charge in [0.1, 0.15) is 12.6 Å². The molecule has 2 aromatic rings. The van der Waals surface area contributed by atoms with Crippen molar-refractivity contribution in [1.29, 1.82) is 0 Å². The van der Waals surface area contributed by atoms with E-state index in [4.69, 9.17) is 0 Å². The molecule has 1 aromatic heterocycles. The normalized spacial score (nSPS) is 21.6. The summed E-state index contributed by atoms with van der Waals surface area (Å²) in [5.41, 5.74) is 0.327. The van der Waals surface area contributed by atoms with Crippen molar-refractivity contribution in [3.05, 3.63) is 69.6 Å². The molecule has 0 spiro atoms. The first-order valence-electron chi connectivity index (χ1n) is 12.1. The Morgan fingerprint density at radius 3 is 2.35 bits per heavy atom. The fourth-order valence-corrected chi connectivity index (χ4v) is 5.13. The van der Waals surface area contributed by atoms with Crippen LogP contribution in [-0.2, 0) is 4.79 Å². The molecule has 2 aliphatic rings. The Labute approximate surface area is 209 Å². The lowest BCUT2D eigenvalue weighted by molar-refractivity contribution is -0.162. The number of nitrogens with zero attached hydrogens (tertiary/aromatic N) is 2. The number of alkyl halides is 3. The van der Waals surface area contributed by atoms with E-state index in [9.17, 15) is 36.3 Å². The van der Waals surface area contributed by atoms with Gasteiger partial charge in [0.25, 0.3) is 5.56 Å². The zero-order chi connectivity index (χ0) is 26.7. The number of urea groups is 1. The zero-order valence-corrected chi connectivity index (χ0v) is 19.9. The molecule has 3 amide bonds. The number of amides is 3. The minimum atomic E-state index is -4.71. The highest BCUT2D eigenvalue weighted by atomic mass is 19.4. The number of nitrogens with one attached hydrogen (secondary N) is 2. The highest BCUT2D eigenvalue weighted by molar-refractivity contribution is 5.87. The third kappa shape index (κ3) is 6.28. The van der Waals surface area contributed by atoms with Crippen molar-refractivity contribution in [2.24, 2.45) is 0 Å². The van der Waals surface area contributed by atoms with Crippen LogP contribution in [0, 0.1) is 11.6 Å². The summed E-state index contributed by atoms with van der Waals surface area (Å²) in [6.07, 6.45) is -2.11. The second kappa shape index (κ2) is 10.9. The first-order chi connectivity index (χ1) is 17.5. The van der Waals surface area contributed by atoms with Crippen LogP contribution >= 0.6 is 0 Å². The molecule has 0 saturated carbocycles. The fraction of sp³-hybridized carbons (Fsp3) is 0.480. The monoisotopic (exact) mass is 526 g/mol. The van der Waals surface area contributed by atoms with Gasteiger partial charge >= 0.3 is 12.2 Å². The average Bonchev–Trinajstić information content (AvgIpc) is 2.99. The molecule has 12 heteroatoms. The van der Waals surface area contributed by atoms with Crippen molar-refractivity contribution >= 4 is 11.9 Å². The quantitative estimate of drug-likeness (QED) is 0.594. The smallest absolute Gasteiger partial charge is 0.331 e. The van der Waals surface area contributed by atoms with Crippen LogP contribution in [0.3, 0.4) is 0 Å². The van der Waals surface area contributed by atoms with Gasteiger partial charge in [-0.1, -0.05) is 18.2 Å². The molecule has 4 rings (SSSR count). The zero-order valence-electron chi connectivity index (χ0n) is 19.9. The van der Waals surface area contributed by atoms with E-state index in [1.165, 1.54) is 23.2 Å². The first kappa shape index (κ1) is 26.6. The van der Waals surface area contributed by atoms with Crippen molar-refractivity contribution in [1.82, 2.24) is 20.1 Å². The van der Waals surface area contributed by atoms with E-state index >= 15 is 0 Å². The summed E-state index contributed by atoms with van der Waals surface area (Å²) in [5, 5.41) is 2.55. The van der Waals surface area contributed by atoms with Gasteiger partial charge in [0.05, 0.1) is 0 Å². The number of aromatic nitrogens is 1. The molecule has 2 fully saturated rings. The number of H-pyrrole nitrogens is 1. The summed E-state index contributed by atoms with van der Waals surface area (Å²) in [6.45, 7) is -1.42. The molecule has 2 atom stereocenters. The number of hydrogen-bond donors (Lipinski definition) is 2. The average molecular weight is 527 g/mol. The largest absolute Gasteiger partial charge is 0.406 e. The fourth-order valence-electron chi connectivity index (χ4n) is 5.13. The molecule has 2 saturated heterocycles. The van der Waals surface area contributed by atoms with Crippen molar-refractivity contribution in [3.8, 4) is 0 Å². The second-order valence-corrected chi connectivity index (χ2v) is 9.47. The number of benzene rings is 1. The van der Waals surface area contributed by atoms with Crippen LogP contribution < -0.4 is 10.9 Å². The predicted octanol–water partition coefficient (Wildman–Crippen LogP) is 3.88. The number of aromatic amines is 1. The molecule has 0 unspecified atom stereocenters. The van der Waals surface area contributed by atoms with Crippen LogP contribution in [0.1, 0.15) is 48.6 Å². The van der Waals surface area contributed by atoms with Crippen molar-refractivity contribution in [2.45, 2.75) is 49.7 Å². The number of carbonyl (C=O) groups is 2. The Morgan fingerprint density at radius 2 is 1.68 bits per heavy atom. The summed E-state index contributed by atoms with van der Waals surface area (Å²) in [6, 6.07) is 5.08. The summed E-state index contributed by atoms with van der Waals surface area (Å²) < 4.78 is 68.0. The minimum Gasteiger partial charge on any atom is -0.331 e. The van der Waals surface area contributed by atoms with Crippen LogP contribution in [0.4, 0.5) is 26.7 Å². The number of pyridine rings is 1. The Balaban J connectivity index is 1.45. The Hall–Kier alpha value is -3.44. The van der Waals surface area contributed by atoms with Crippen molar-refractivity contribution < 1.29 is 31.5 Å². The van der Waals surface area contributed by atoms with Gasteiger partial charge in [-0.3, -0.25) is 9.59 Å². The lowest BCUT2D eigenvalue weighted by atomic mass is 9.90. The number of hydrogen-bond acceptors (Lipinski definition) is 3. The summed E-state index contributed by atoms with van der Waals surface area (Å²) >= 11 is 0. The van der Waals surface area contributed by atoms with Gasteiger partial charge in [-0.05, 0) is 49.3 Å². The van der Waals surface area contributed by atoms with Gasteiger partial charge in [0.2, 0.25) is 5.91 Å². The van der Waals surface area contributed by atoms with E-state index in [1.54, 1.807) is 12.1 Å². The molecule has 200 valence electrons. The molecule has 1 aromatic carbocycles. The maximum absolute atomic E-state index is 14.4. The maximum Gasteiger partial charge on any atom is 0.406 e. The van der Waals surface area contributed by atoms with Crippen LogP contribution in [0.15, 0.2) is 41.3 Å². The Bertz CT molecular complexity index is 1190. The molecular formula is C25H27F5N4O3. The molecule has 0 bridgehead atoms. The van der Waals surface area contributed by atoms with E-state index in [0.29, 0.717) is 36.4 Å². The predicted molar refractivity (Wildman–Crippen MR) is 124 cm³/mol. The highest BCUT2D eigenvalue weighted by Gasteiger charge is 2.40. The SMILES string of the molecule is O=C(N[C@@H]1CC[C@@H](c2cccc(F)c2F)CN(CC(F)(F)F)C1=O)N1CCC(c2ccc[nH]c2=O)CC1. The van der Waals surface area contributed by atoms with E-state index in [-0.39, 0.29) is 29.9 Å². The lowest BCUT2D eigenvalue weighted by Gasteiger charge is -2.33. The minimum absolute atomic E-state index is 0.0323. The van der Waals surface area contributed by atoms with Crippen LogP contribution in [0.25, 0.3) is 0 Å². The van der Waals surface area contributed by atoms with E-state index in [2.05, 4.69) is 10.3 Å². The Kier molecular flexibility index (Phi) is 7.84. The summed E-state index contributed by atoms with van der Waals surface area (Å²) in [7, 11) is 0. The third-order valence-corrected chi connectivity index (χ3v) is 7.01. The lowest BCUT2D eigenvalue weighted by Crippen LogP contribution is -2.54. The Morgan fingerprint density at radius 1 is 0.973 bits per heavy atom.